The molecular formula is C13H18FNO3S. The summed E-state index contributed by atoms with van der Waals surface area (Å²) in [5, 5.41) is 3.32. The number of benzene rings is 1. The Kier molecular flexibility index (Phi) is 4.10. The molecule has 0 bridgehead atoms. The third-order valence-electron chi connectivity index (χ3n) is 3.36. The van der Waals surface area contributed by atoms with Gasteiger partial charge in [-0.3, -0.25) is 0 Å². The molecule has 2 rings (SSSR count). The largest absolute Gasteiger partial charge is 0.496 e. The molecule has 0 amide bonds. The molecule has 1 aliphatic heterocycles. The lowest BCUT2D eigenvalue weighted by atomic mass is 10.0. The fourth-order valence-corrected chi connectivity index (χ4v) is 3.14. The SMILES string of the molecule is COc1cc(S(C)(=O)=O)c(F)cc1CC1CCCN1. The third-order valence-corrected chi connectivity index (χ3v) is 4.47. The van der Waals surface area contributed by atoms with Crippen LogP contribution in [0.2, 0.25) is 0 Å². The first-order valence-corrected chi connectivity index (χ1v) is 8.11. The van der Waals surface area contributed by atoms with Gasteiger partial charge in [-0.25, -0.2) is 12.8 Å². The average molecular weight is 287 g/mol. The minimum atomic E-state index is -3.58. The molecule has 0 radical (unpaired) electrons. The lowest BCUT2D eigenvalue weighted by Gasteiger charge is -2.15. The van der Waals surface area contributed by atoms with Crippen molar-refractivity contribution in [3.8, 4) is 5.75 Å². The van der Waals surface area contributed by atoms with Crippen LogP contribution in [0.25, 0.3) is 0 Å². The summed E-state index contributed by atoms with van der Waals surface area (Å²) < 4.78 is 42.0. The summed E-state index contributed by atoms with van der Waals surface area (Å²) >= 11 is 0. The molecule has 0 saturated carbocycles. The van der Waals surface area contributed by atoms with Gasteiger partial charge in [-0.2, -0.15) is 0 Å². The molecular weight excluding hydrogens is 269 g/mol. The molecule has 1 saturated heterocycles. The maximum atomic E-state index is 13.9. The van der Waals surface area contributed by atoms with E-state index < -0.39 is 15.7 Å². The van der Waals surface area contributed by atoms with Crippen LogP contribution in [-0.4, -0.2) is 34.4 Å². The van der Waals surface area contributed by atoms with Crippen LogP contribution in [-0.2, 0) is 16.3 Å². The van der Waals surface area contributed by atoms with E-state index >= 15 is 0 Å². The number of sulfone groups is 1. The van der Waals surface area contributed by atoms with Crippen molar-refractivity contribution in [3.05, 3.63) is 23.5 Å². The molecule has 6 heteroatoms. The molecule has 1 unspecified atom stereocenters. The fourth-order valence-electron chi connectivity index (χ4n) is 2.41. The zero-order valence-electron chi connectivity index (χ0n) is 11.1. The Hall–Kier alpha value is -1.14. The highest BCUT2D eigenvalue weighted by Gasteiger charge is 2.21. The van der Waals surface area contributed by atoms with Crippen LogP contribution in [0.3, 0.4) is 0 Å². The van der Waals surface area contributed by atoms with Gasteiger partial charge in [0.1, 0.15) is 16.5 Å². The Labute approximate surface area is 112 Å². The zero-order valence-corrected chi connectivity index (χ0v) is 11.9. The van der Waals surface area contributed by atoms with Gasteiger partial charge >= 0.3 is 0 Å². The van der Waals surface area contributed by atoms with Gasteiger partial charge in [-0.15, -0.1) is 0 Å². The predicted molar refractivity (Wildman–Crippen MR) is 70.8 cm³/mol. The highest BCUT2D eigenvalue weighted by molar-refractivity contribution is 7.90. The normalized spacial score (nSPS) is 19.6. The lowest BCUT2D eigenvalue weighted by molar-refractivity contribution is 0.402. The van der Waals surface area contributed by atoms with Crippen LogP contribution in [0.15, 0.2) is 17.0 Å². The Balaban J connectivity index is 2.36. The van der Waals surface area contributed by atoms with Crippen LogP contribution in [0.1, 0.15) is 18.4 Å². The van der Waals surface area contributed by atoms with Gasteiger partial charge in [0.2, 0.25) is 0 Å². The second-order valence-electron chi connectivity index (χ2n) is 4.86. The van der Waals surface area contributed by atoms with Crippen molar-refractivity contribution in [1.29, 1.82) is 0 Å². The number of ether oxygens (including phenoxy) is 1. The van der Waals surface area contributed by atoms with Crippen molar-refractivity contribution in [3.63, 3.8) is 0 Å². The van der Waals surface area contributed by atoms with E-state index in [0.29, 0.717) is 23.8 Å². The van der Waals surface area contributed by atoms with Crippen molar-refractivity contribution in [1.82, 2.24) is 5.32 Å². The minimum absolute atomic E-state index is 0.303. The van der Waals surface area contributed by atoms with Crippen LogP contribution < -0.4 is 10.1 Å². The molecule has 1 aromatic carbocycles. The summed E-state index contributed by atoms with van der Waals surface area (Å²) in [6, 6.07) is 2.85. The summed E-state index contributed by atoms with van der Waals surface area (Å²) in [4.78, 5) is -0.313. The van der Waals surface area contributed by atoms with E-state index in [2.05, 4.69) is 5.32 Å². The third kappa shape index (κ3) is 3.25. The van der Waals surface area contributed by atoms with Crippen molar-refractivity contribution in [2.75, 3.05) is 19.9 Å². The van der Waals surface area contributed by atoms with Crippen LogP contribution in [0, 0.1) is 5.82 Å². The first-order chi connectivity index (χ1) is 8.91. The number of hydrogen-bond donors (Lipinski definition) is 1. The molecule has 106 valence electrons. The van der Waals surface area contributed by atoms with Crippen LogP contribution >= 0.6 is 0 Å². The van der Waals surface area contributed by atoms with E-state index in [0.717, 1.165) is 25.6 Å². The first-order valence-electron chi connectivity index (χ1n) is 6.21. The lowest BCUT2D eigenvalue weighted by Crippen LogP contribution is -2.24. The fraction of sp³-hybridized carbons (Fsp3) is 0.538. The predicted octanol–water partition coefficient (Wildman–Crippen LogP) is 1.53. The van der Waals surface area contributed by atoms with Crippen molar-refractivity contribution >= 4 is 9.84 Å². The van der Waals surface area contributed by atoms with E-state index in [1.165, 1.54) is 19.2 Å². The molecule has 0 aliphatic carbocycles. The number of halogens is 1. The highest BCUT2D eigenvalue weighted by atomic mass is 32.2. The summed E-state index contributed by atoms with van der Waals surface area (Å²) in [5.74, 6) is -0.285. The summed E-state index contributed by atoms with van der Waals surface area (Å²) in [5.41, 5.74) is 0.701. The van der Waals surface area contributed by atoms with Crippen molar-refractivity contribution < 1.29 is 17.5 Å². The standard InChI is InChI=1S/C13H18FNO3S/c1-18-12-8-13(19(2,16)17)11(14)7-9(12)6-10-4-3-5-15-10/h7-8,10,15H,3-6H2,1-2H3. The molecule has 1 aromatic rings. The summed E-state index contributed by atoms with van der Waals surface area (Å²) in [6.07, 6.45) is 3.78. The Morgan fingerprint density at radius 3 is 2.74 bits per heavy atom. The zero-order chi connectivity index (χ0) is 14.0. The highest BCUT2D eigenvalue weighted by Crippen LogP contribution is 2.28. The second kappa shape index (κ2) is 5.46. The Bertz CT molecular complexity index is 565. The number of nitrogens with one attached hydrogen (secondary N) is 1. The van der Waals surface area contributed by atoms with E-state index in [-0.39, 0.29) is 4.90 Å². The quantitative estimate of drug-likeness (QED) is 0.912. The van der Waals surface area contributed by atoms with Crippen molar-refractivity contribution in [2.24, 2.45) is 0 Å². The van der Waals surface area contributed by atoms with E-state index in [9.17, 15) is 12.8 Å². The molecule has 1 fully saturated rings. The number of rotatable bonds is 4. The molecule has 4 nitrogen and oxygen atoms in total. The maximum absolute atomic E-state index is 13.9. The van der Waals surface area contributed by atoms with Gasteiger partial charge in [-0.05, 0) is 37.4 Å². The molecule has 1 atom stereocenters. The summed E-state index contributed by atoms with van der Waals surface area (Å²) in [6.45, 7) is 0.969. The molecule has 1 heterocycles. The molecule has 1 N–H and O–H groups in total. The molecule has 1 aliphatic rings. The molecule has 19 heavy (non-hydrogen) atoms. The minimum Gasteiger partial charge on any atom is -0.496 e. The van der Waals surface area contributed by atoms with E-state index in [1.54, 1.807) is 0 Å². The second-order valence-corrected chi connectivity index (χ2v) is 6.85. The van der Waals surface area contributed by atoms with E-state index in [1.807, 2.05) is 0 Å². The molecule has 0 spiro atoms. The van der Waals surface area contributed by atoms with E-state index in [4.69, 9.17) is 4.74 Å². The molecule has 0 aromatic heterocycles. The van der Waals surface area contributed by atoms with Gasteiger partial charge in [0.05, 0.1) is 7.11 Å². The van der Waals surface area contributed by atoms with Crippen molar-refractivity contribution in [2.45, 2.75) is 30.2 Å². The van der Waals surface area contributed by atoms with Gasteiger partial charge in [0, 0.05) is 18.4 Å². The number of hydrogen-bond acceptors (Lipinski definition) is 4. The summed E-state index contributed by atoms with van der Waals surface area (Å²) in [7, 11) is -2.12. The van der Waals surface area contributed by atoms with Crippen LogP contribution in [0.5, 0.6) is 5.75 Å². The topological polar surface area (TPSA) is 55.4 Å². The van der Waals surface area contributed by atoms with Gasteiger partial charge in [-0.1, -0.05) is 0 Å². The Morgan fingerprint density at radius 1 is 1.47 bits per heavy atom. The van der Waals surface area contributed by atoms with Gasteiger partial charge in [0.15, 0.2) is 9.84 Å². The maximum Gasteiger partial charge on any atom is 0.178 e. The van der Waals surface area contributed by atoms with Crippen LogP contribution in [0.4, 0.5) is 4.39 Å². The average Bonchev–Trinajstić information content (AvgIpc) is 2.80. The van der Waals surface area contributed by atoms with Gasteiger partial charge < -0.3 is 10.1 Å². The van der Waals surface area contributed by atoms with Gasteiger partial charge in [0.25, 0.3) is 0 Å². The smallest absolute Gasteiger partial charge is 0.178 e. The monoisotopic (exact) mass is 287 g/mol. The first kappa shape index (κ1) is 14.3. The Morgan fingerprint density at radius 2 is 2.21 bits per heavy atom. The number of methoxy groups -OCH3 is 1.